The lowest BCUT2D eigenvalue weighted by Gasteiger charge is -2.12. The van der Waals surface area contributed by atoms with Crippen molar-refractivity contribution in [3.05, 3.63) is 65.5 Å². The third-order valence-corrected chi connectivity index (χ3v) is 3.55. The van der Waals surface area contributed by atoms with E-state index < -0.39 is 0 Å². The molecule has 2 nitrogen and oxygen atoms in total. The van der Waals surface area contributed by atoms with Gasteiger partial charge < -0.3 is 10.1 Å². The minimum absolute atomic E-state index is 0.222. The number of halogens is 1. The van der Waals surface area contributed by atoms with E-state index in [0.717, 1.165) is 30.0 Å². The summed E-state index contributed by atoms with van der Waals surface area (Å²) in [5.74, 6) is 0.662. The zero-order valence-electron chi connectivity index (χ0n) is 13.1. The van der Waals surface area contributed by atoms with E-state index in [4.69, 9.17) is 4.74 Å². The number of ether oxygens (including phenoxy) is 1. The summed E-state index contributed by atoms with van der Waals surface area (Å²) in [7, 11) is 0. The van der Waals surface area contributed by atoms with Crippen molar-refractivity contribution in [2.45, 2.75) is 39.3 Å². The van der Waals surface area contributed by atoms with Crippen molar-refractivity contribution in [2.24, 2.45) is 0 Å². The van der Waals surface area contributed by atoms with Crippen molar-refractivity contribution >= 4 is 0 Å². The molecule has 0 unspecified atom stereocenters. The highest BCUT2D eigenvalue weighted by molar-refractivity contribution is 5.33. The second-order valence-corrected chi connectivity index (χ2v) is 5.41. The van der Waals surface area contributed by atoms with Gasteiger partial charge in [0.25, 0.3) is 0 Å². The molecule has 0 fully saturated rings. The van der Waals surface area contributed by atoms with Gasteiger partial charge in [0.1, 0.15) is 18.2 Å². The highest BCUT2D eigenvalue weighted by Crippen LogP contribution is 2.19. The van der Waals surface area contributed by atoms with E-state index in [1.54, 1.807) is 12.1 Å². The summed E-state index contributed by atoms with van der Waals surface area (Å²) in [4.78, 5) is 0. The number of benzene rings is 2. The predicted molar refractivity (Wildman–Crippen MR) is 88.4 cm³/mol. The quantitative estimate of drug-likeness (QED) is 0.679. The molecule has 0 radical (unpaired) electrons. The average Bonchev–Trinajstić information content (AvgIpc) is 2.55. The van der Waals surface area contributed by atoms with Gasteiger partial charge in [-0.15, -0.1) is 0 Å². The Kier molecular flexibility index (Phi) is 6.91. The van der Waals surface area contributed by atoms with Crippen LogP contribution in [-0.2, 0) is 13.2 Å². The van der Waals surface area contributed by atoms with Gasteiger partial charge in [0.2, 0.25) is 0 Å². The van der Waals surface area contributed by atoms with Crippen LogP contribution < -0.4 is 10.1 Å². The first kappa shape index (κ1) is 16.5. The van der Waals surface area contributed by atoms with Gasteiger partial charge in [-0.1, -0.05) is 50.1 Å². The molecule has 0 saturated heterocycles. The number of para-hydroxylation sites is 1. The zero-order valence-corrected chi connectivity index (χ0v) is 13.1. The summed E-state index contributed by atoms with van der Waals surface area (Å²) in [6.45, 7) is 4.50. The lowest BCUT2D eigenvalue weighted by molar-refractivity contribution is 0.302. The van der Waals surface area contributed by atoms with Crippen molar-refractivity contribution in [1.82, 2.24) is 5.32 Å². The maximum Gasteiger partial charge on any atom is 0.124 e. The molecule has 2 aromatic carbocycles. The Hall–Kier alpha value is -1.87. The minimum Gasteiger partial charge on any atom is -0.489 e. The standard InChI is InChI=1S/C19H24FNO/c1-2-3-6-13-21-14-17-7-4-5-8-19(17)22-15-16-9-11-18(20)12-10-16/h4-5,7-12,21H,2-3,6,13-15H2,1H3. The fourth-order valence-corrected chi connectivity index (χ4v) is 2.26. The first-order chi connectivity index (χ1) is 10.8. The molecule has 0 saturated carbocycles. The number of hydrogen-bond acceptors (Lipinski definition) is 2. The second-order valence-electron chi connectivity index (χ2n) is 5.41. The van der Waals surface area contributed by atoms with Gasteiger partial charge in [0, 0.05) is 12.1 Å². The lowest BCUT2D eigenvalue weighted by Crippen LogP contribution is -2.15. The zero-order chi connectivity index (χ0) is 15.6. The van der Waals surface area contributed by atoms with Crippen LogP contribution in [-0.4, -0.2) is 6.54 Å². The first-order valence-electron chi connectivity index (χ1n) is 7.95. The van der Waals surface area contributed by atoms with Crippen LogP contribution in [0.5, 0.6) is 5.75 Å². The van der Waals surface area contributed by atoms with E-state index in [1.165, 1.54) is 31.4 Å². The van der Waals surface area contributed by atoms with Crippen molar-refractivity contribution in [1.29, 1.82) is 0 Å². The van der Waals surface area contributed by atoms with Crippen LogP contribution >= 0.6 is 0 Å². The third-order valence-electron chi connectivity index (χ3n) is 3.55. The Morgan fingerprint density at radius 2 is 1.77 bits per heavy atom. The lowest BCUT2D eigenvalue weighted by atomic mass is 10.2. The fourth-order valence-electron chi connectivity index (χ4n) is 2.26. The molecule has 0 atom stereocenters. The van der Waals surface area contributed by atoms with Gasteiger partial charge >= 0.3 is 0 Å². The Morgan fingerprint density at radius 3 is 2.55 bits per heavy atom. The van der Waals surface area contributed by atoms with Crippen LogP contribution in [0.3, 0.4) is 0 Å². The molecule has 0 aromatic heterocycles. The maximum atomic E-state index is 12.9. The van der Waals surface area contributed by atoms with Gasteiger partial charge in [-0.25, -0.2) is 4.39 Å². The van der Waals surface area contributed by atoms with E-state index in [0.29, 0.717) is 6.61 Å². The molecule has 2 rings (SSSR count). The van der Waals surface area contributed by atoms with Gasteiger partial charge in [-0.2, -0.15) is 0 Å². The van der Waals surface area contributed by atoms with E-state index >= 15 is 0 Å². The second kappa shape index (κ2) is 9.21. The summed E-state index contributed by atoms with van der Waals surface area (Å²) >= 11 is 0. The van der Waals surface area contributed by atoms with E-state index in [1.807, 2.05) is 18.2 Å². The number of rotatable bonds is 9. The molecule has 0 spiro atoms. The van der Waals surface area contributed by atoms with Crippen molar-refractivity contribution in [3.8, 4) is 5.75 Å². The molecule has 3 heteroatoms. The molecule has 0 amide bonds. The molecule has 0 bridgehead atoms. The molecule has 0 aliphatic heterocycles. The number of nitrogens with one attached hydrogen (secondary N) is 1. The Balaban J connectivity index is 1.86. The number of unbranched alkanes of at least 4 members (excludes halogenated alkanes) is 2. The molecular weight excluding hydrogens is 277 g/mol. The van der Waals surface area contributed by atoms with E-state index in [9.17, 15) is 4.39 Å². The van der Waals surface area contributed by atoms with Crippen molar-refractivity contribution in [3.63, 3.8) is 0 Å². The van der Waals surface area contributed by atoms with Crippen molar-refractivity contribution < 1.29 is 9.13 Å². The van der Waals surface area contributed by atoms with Crippen LogP contribution in [0.15, 0.2) is 48.5 Å². The topological polar surface area (TPSA) is 21.3 Å². The molecule has 0 aliphatic carbocycles. The van der Waals surface area contributed by atoms with Crippen LogP contribution in [0.1, 0.15) is 37.3 Å². The SMILES string of the molecule is CCCCCNCc1ccccc1OCc1ccc(F)cc1. The van der Waals surface area contributed by atoms with E-state index in [-0.39, 0.29) is 5.82 Å². The Labute approximate surface area is 132 Å². The Bertz CT molecular complexity index is 554. The van der Waals surface area contributed by atoms with Gasteiger partial charge in [0.15, 0.2) is 0 Å². The molecule has 1 N–H and O–H groups in total. The normalized spacial score (nSPS) is 10.6. The molecular formula is C19H24FNO. The van der Waals surface area contributed by atoms with Crippen molar-refractivity contribution in [2.75, 3.05) is 6.54 Å². The monoisotopic (exact) mass is 301 g/mol. The maximum absolute atomic E-state index is 12.9. The predicted octanol–water partition coefficient (Wildman–Crippen LogP) is 4.68. The fraction of sp³-hybridized carbons (Fsp3) is 0.368. The first-order valence-corrected chi connectivity index (χ1v) is 7.95. The number of hydrogen-bond donors (Lipinski definition) is 1. The van der Waals surface area contributed by atoms with E-state index in [2.05, 4.69) is 18.3 Å². The highest BCUT2D eigenvalue weighted by atomic mass is 19.1. The van der Waals surface area contributed by atoms with Gasteiger partial charge in [-0.3, -0.25) is 0 Å². The molecule has 2 aromatic rings. The largest absolute Gasteiger partial charge is 0.489 e. The summed E-state index contributed by atoms with van der Waals surface area (Å²) in [6.07, 6.45) is 3.70. The Morgan fingerprint density at radius 1 is 1.00 bits per heavy atom. The average molecular weight is 301 g/mol. The molecule has 22 heavy (non-hydrogen) atoms. The molecule has 0 heterocycles. The molecule has 118 valence electrons. The van der Waals surface area contributed by atoms with Gasteiger partial charge in [-0.05, 0) is 36.7 Å². The summed E-state index contributed by atoms with van der Waals surface area (Å²) < 4.78 is 18.8. The highest BCUT2D eigenvalue weighted by Gasteiger charge is 2.03. The summed E-state index contributed by atoms with van der Waals surface area (Å²) in [5, 5.41) is 3.45. The van der Waals surface area contributed by atoms with Crippen LogP contribution in [0.4, 0.5) is 4.39 Å². The van der Waals surface area contributed by atoms with Crippen LogP contribution in [0.25, 0.3) is 0 Å². The van der Waals surface area contributed by atoms with Crippen LogP contribution in [0, 0.1) is 5.82 Å². The van der Waals surface area contributed by atoms with Gasteiger partial charge in [0.05, 0.1) is 0 Å². The third kappa shape index (κ3) is 5.49. The summed E-state index contributed by atoms with van der Waals surface area (Å²) in [5.41, 5.74) is 2.12. The van der Waals surface area contributed by atoms with Crippen LogP contribution in [0.2, 0.25) is 0 Å². The summed E-state index contributed by atoms with van der Waals surface area (Å²) in [6, 6.07) is 14.5. The molecule has 0 aliphatic rings. The smallest absolute Gasteiger partial charge is 0.124 e. The minimum atomic E-state index is -0.222.